The van der Waals surface area contributed by atoms with Crippen molar-refractivity contribution in [1.29, 1.82) is 0 Å². The van der Waals surface area contributed by atoms with Crippen molar-refractivity contribution < 1.29 is 28.2 Å². The standard InChI is InChI=1S/C11H13NO6S/c1-6(19(2,17)18)10(14)12-8-4-3-7(11(15)16)5-9(8)13/h3-6,13H,1-2H3,(H,12,14)(H,15,16). The molecule has 0 bridgehead atoms. The number of aromatic carboxylic acids is 1. The minimum Gasteiger partial charge on any atom is -0.506 e. The molecular weight excluding hydrogens is 274 g/mol. The molecule has 3 N–H and O–H groups in total. The van der Waals surface area contributed by atoms with Crippen LogP contribution >= 0.6 is 0 Å². The number of phenolic OH excluding ortho intramolecular Hbond substituents is 1. The predicted octanol–water partition coefficient (Wildman–Crippen LogP) is 0.462. The van der Waals surface area contributed by atoms with Crippen LogP contribution in [-0.4, -0.2) is 42.0 Å². The van der Waals surface area contributed by atoms with Crippen LogP contribution in [0.15, 0.2) is 18.2 Å². The molecule has 0 saturated carbocycles. The van der Waals surface area contributed by atoms with Crippen LogP contribution in [0.2, 0.25) is 0 Å². The largest absolute Gasteiger partial charge is 0.506 e. The molecule has 1 atom stereocenters. The van der Waals surface area contributed by atoms with Crippen molar-refractivity contribution in [2.45, 2.75) is 12.2 Å². The maximum absolute atomic E-state index is 11.6. The minimum atomic E-state index is -3.54. The summed E-state index contributed by atoms with van der Waals surface area (Å²) < 4.78 is 22.4. The Morgan fingerprint density at radius 3 is 2.32 bits per heavy atom. The number of carbonyl (C=O) groups is 2. The van der Waals surface area contributed by atoms with Crippen molar-refractivity contribution in [1.82, 2.24) is 0 Å². The number of benzene rings is 1. The van der Waals surface area contributed by atoms with E-state index in [-0.39, 0.29) is 11.3 Å². The smallest absolute Gasteiger partial charge is 0.335 e. The SMILES string of the molecule is CC(C(=O)Nc1ccc(C(=O)O)cc1O)S(C)(=O)=O. The highest BCUT2D eigenvalue weighted by Crippen LogP contribution is 2.24. The van der Waals surface area contributed by atoms with E-state index in [4.69, 9.17) is 5.11 Å². The summed E-state index contributed by atoms with van der Waals surface area (Å²) in [6.45, 7) is 1.22. The van der Waals surface area contributed by atoms with Gasteiger partial charge in [-0.15, -0.1) is 0 Å². The Bertz CT molecular complexity index is 622. The first-order valence-electron chi connectivity index (χ1n) is 5.19. The van der Waals surface area contributed by atoms with Gasteiger partial charge < -0.3 is 15.5 Å². The quantitative estimate of drug-likeness (QED) is 0.692. The molecule has 104 valence electrons. The van der Waals surface area contributed by atoms with Crippen molar-refractivity contribution in [2.75, 3.05) is 11.6 Å². The number of phenols is 1. The first-order chi connectivity index (χ1) is 8.62. The van der Waals surface area contributed by atoms with Crippen molar-refractivity contribution in [3.05, 3.63) is 23.8 Å². The lowest BCUT2D eigenvalue weighted by Crippen LogP contribution is -2.31. The fourth-order valence-corrected chi connectivity index (χ4v) is 1.65. The van der Waals surface area contributed by atoms with Crippen LogP contribution < -0.4 is 5.32 Å². The third-order valence-corrected chi connectivity index (χ3v) is 4.01. The molecule has 1 aromatic rings. The highest BCUT2D eigenvalue weighted by molar-refractivity contribution is 7.92. The average molecular weight is 287 g/mol. The van der Waals surface area contributed by atoms with Gasteiger partial charge in [0.15, 0.2) is 9.84 Å². The maximum atomic E-state index is 11.6. The Morgan fingerprint density at radius 2 is 1.89 bits per heavy atom. The molecule has 1 unspecified atom stereocenters. The lowest BCUT2D eigenvalue weighted by atomic mass is 10.2. The zero-order valence-corrected chi connectivity index (χ0v) is 11.1. The number of aromatic hydroxyl groups is 1. The van der Waals surface area contributed by atoms with E-state index < -0.39 is 32.7 Å². The number of hydrogen-bond acceptors (Lipinski definition) is 5. The van der Waals surface area contributed by atoms with E-state index in [1.54, 1.807) is 0 Å². The van der Waals surface area contributed by atoms with Gasteiger partial charge in [-0.3, -0.25) is 4.79 Å². The van der Waals surface area contributed by atoms with E-state index >= 15 is 0 Å². The van der Waals surface area contributed by atoms with Gasteiger partial charge in [0.05, 0.1) is 11.3 Å². The van der Waals surface area contributed by atoms with Crippen LogP contribution in [-0.2, 0) is 14.6 Å². The number of carbonyl (C=O) groups excluding carboxylic acids is 1. The molecule has 7 nitrogen and oxygen atoms in total. The van der Waals surface area contributed by atoms with Crippen LogP contribution in [0.4, 0.5) is 5.69 Å². The zero-order valence-electron chi connectivity index (χ0n) is 10.2. The van der Waals surface area contributed by atoms with Crippen LogP contribution in [0, 0.1) is 0 Å². The summed E-state index contributed by atoms with van der Waals surface area (Å²) in [4.78, 5) is 22.3. The number of nitrogens with one attached hydrogen (secondary N) is 1. The van der Waals surface area contributed by atoms with E-state index in [1.165, 1.54) is 19.1 Å². The molecule has 1 aromatic carbocycles. The maximum Gasteiger partial charge on any atom is 0.335 e. The van der Waals surface area contributed by atoms with Gasteiger partial charge in [-0.2, -0.15) is 0 Å². The van der Waals surface area contributed by atoms with Gasteiger partial charge in [-0.05, 0) is 25.1 Å². The van der Waals surface area contributed by atoms with Gasteiger partial charge in [0, 0.05) is 6.26 Å². The third-order valence-electron chi connectivity index (χ3n) is 2.51. The number of carboxylic acid groups (broad SMARTS) is 1. The fourth-order valence-electron chi connectivity index (χ4n) is 1.20. The minimum absolute atomic E-state index is 0.0505. The van der Waals surface area contributed by atoms with Crippen molar-refractivity contribution in [3.63, 3.8) is 0 Å². The summed E-state index contributed by atoms with van der Waals surface area (Å²) >= 11 is 0. The number of sulfone groups is 1. The molecule has 1 amide bonds. The summed E-state index contributed by atoms with van der Waals surface area (Å²) in [6, 6.07) is 3.33. The Hall–Kier alpha value is -2.09. The van der Waals surface area contributed by atoms with Crippen LogP contribution in [0.25, 0.3) is 0 Å². The Kier molecular flexibility index (Phi) is 4.15. The molecule has 0 aliphatic heterocycles. The second kappa shape index (κ2) is 5.27. The number of carboxylic acids is 1. The fraction of sp³-hybridized carbons (Fsp3) is 0.273. The summed E-state index contributed by atoms with van der Waals surface area (Å²) in [5.74, 6) is -2.48. The zero-order chi connectivity index (χ0) is 14.8. The van der Waals surface area contributed by atoms with Gasteiger partial charge in [0.25, 0.3) is 0 Å². The molecule has 0 saturated heterocycles. The first kappa shape index (κ1) is 15.0. The number of hydrogen-bond donors (Lipinski definition) is 3. The van der Waals surface area contributed by atoms with Crippen molar-refractivity contribution in [3.8, 4) is 5.75 Å². The normalized spacial score (nSPS) is 12.7. The van der Waals surface area contributed by atoms with Crippen molar-refractivity contribution in [2.24, 2.45) is 0 Å². The topological polar surface area (TPSA) is 121 Å². The second-order valence-electron chi connectivity index (χ2n) is 4.00. The number of amides is 1. The Labute approximate surface area is 109 Å². The molecule has 0 spiro atoms. The van der Waals surface area contributed by atoms with Gasteiger partial charge >= 0.3 is 5.97 Å². The lowest BCUT2D eigenvalue weighted by Gasteiger charge is -2.11. The summed E-state index contributed by atoms with van der Waals surface area (Å²) in [5.41, 5.74) is -0.197. The molecule has 1 rings (SSSR count). The summed E-state index contributed by atoms with van der Waals surface area (Å²) in [6.07, 6.45) is 0.921. The van der Waals surface area contributed by atoms with E-state index in [1.807, 2.05) is 0 Å². The molecule has 0 aliphatic carbocycles. The summed E-state index contributed by atoms with van der Waals surface area (Å²) in [7, 11) is -3.54. The highest BCUT2D eigenvalue weighted by Gasteiger charge is 2.24. The molecule has 0 radical (unpaired) electrons. The highest BCUT2D eigenvalue weighted by atomic mass is 32.2. The van der Waals surface area contributed by atoms with E-state index in [9.17, 15) is 23.1 Å². The van der Waals surface area contributed by atoms with E-state index in [2.05, 4.69) is 5.32 Å². The number of rotatable bonds is 4. The lowest BCUT2D eigenvalue weighted by molar-refractivity contribution is -0.115. The molecule has 8 heteroatoms. The molecule has 0 fully saturated rings. The molecule has 0 heterocycles. The first-order valence-corrected chi connectivity index (χ1v) is 7.14. The van der Waals surface area contributed by atoms with E-state index in [0.717, 1.165) is 12.3 Å². The van der Waals surface area contributed by atoms with Crippen molar-refractivity contribution >= 4 is 27.4 Å². The Morgan fingerprint density at radius 1 is 1.32 bits per heavy atom. The molecular formula is C11H13NO6S. The molecule has 19 heavy (non-hydrogen) atoms. The van der Waals surface area contributed by atoms with E-state index in [0.29, 0.717) is 0 Å². The predicted molar refractivity (Wildman–Crippen MR) is 68.0 cm³/mol. The Balaban J connectivity index is 2.95. The van der Waals surface area contributed by atoms with Gasteiger partial charge in [-0.25, -0.2) is 13.2 Å². The monoisotopic (exact) mass is 287 g/mol. The van der Waals surface area contributed by atoms with Gasteiger partial charge in [0.2, 0.25) is 5.91 Å². The average Bonchev–Trinajstić information content (AvgIpc) is 2.29. The summed E-state index contributed by atoms with van der Waals surface area (Å²) in [5, 5.41) is 19.2. The van der Waals surface area contributed by atoms with Crippen LogP contribution in [0.1, 0.15) is 17.3 Å². The van der Waals surface area contributed by atoms with Crippen LogP contribution in [0.3, 0.4) is 0 Å². The number of anilines is 1. The second-order valence-corrected chi connectivity index (χ2v) is 6.36. The molecule has 0 aromatic heterocycles. The van der Waals surface area contributed by atoms with Gasteiger partial charge in [-0.1, -0.05) is 0 Å². The van der Waals surface area contributed by atoms with Crippen LogP contribution in [0.5, 0.6) is 5.75 Å². The van der Waals surface area contributed by atoms with Gasteiger partial charge in [0.1, 0.15) is 11.0 Å². The third kappa shape index (κ3) is 3.68. The molecule has 0 aliphatic rings.